The molecule has 1 amide bonds. The minimum absolute atomic E-state index is 0. The summed E-state index contributed by atoms with van der Waals surface area (Å²) in [5.74, 6) is 0.861. The molecular weight excluding hydrogens is 534 g/mol. The zero-order valence-corrected chi connectivity index (χ0v) is 23.9. The second-order valence-corrected chi connectivity index (χ2v) is 9.72. The van der Waals surface area contributed by atoms with Gasteiger partial charge in [-0.15, -0.1) is 0 Å². The summed E-state index contributed by atoms with van der Waals surface area (Å²) >= 11 is 0. The number of nitrogens with one attached hydrogen (secondary N) is 2. The predicted octanol–water partition coefficient (Wildman–Crippen LogP) is 2.15. The number of anilines is 2. The largest absolute Gasteiger partial charge is 0.374 e. The Balaban J connectivity index is 0.00000176. The first-order chi connectivity index (χ1) is 18.2. The van der Waals surface area contributed by atoms with Crippen LogP contribution in [0.2, 0.25) is 0 Å². The van der Waals surface area contributed by atoms with Crippen molar-refractivity contribution < 1.29 is 14.3 Å². The summed E-state index contributed by atoms with van der Waals surface area (Å²) in [6.07, 6.45) is 5.07. The van der Waals surface area contributed by atoms with Gasteiger partial charge in [0.1, 0.15) is 11.6 Å². The number of nitrogens with zero attached hydrogens (tertiary/aromatic N) is 5. The molecule has 2 atom stereocenters. The minimum Gasteiger partial charge on any atom is -0.374 e. The van der Waals surface area contributed by atoms with Crippen molar-refractivity contribution in [3.8, 4) is 11.3 Å². The third-order valence-corrected chi connectivity index (χ3v) is 7.28. The van der Waals surface area contributed by atoms with E-state index in [0.717, 1.165) is 80.1 Å². The lowest BCUT2D eigenvalue weighted by Crippen LogP contribution is -2.51. The van der Waals surface area contributed by atoms with Gasteiger partial charge in [-0.2, -0.15) is 27.0 Å². The molecule has 0 unspecified atom stereocenters. The van der Waals surface area contributed by atoms with Gasteiger partial charge in [-0.1, -0.05) is 12.1 Å². The summed E-state index contributed by atoms with van der Waals surface area (Å²) in [6.45, 7) is 6.84. The van der Waals surface area contributed by atoms with Crippen molar-refractivity contribution in [3.63, 3.8) is 0 Å². The summed E-state index contributed by atoms with van der Waals surface area (Å²) in [5.41, 5.74) is 4.56. The molecular formula is C27H37N7O3S2. The summed E-state index contributed by atoms with van der Waals surface area (Å²) in [6, 6.07) is 10.4. The summed E-state index contributed by atoms with van der Waals surface area (Å²) in [4.78, 5) is 30.9. The molecule has 2 N–H and O–H groups in total. The zero-order chi connectivity index (χ0) is 25.0. The number of carbonyl (C=O) groups is 1. The molecule has 0 radical (unpaired) electrons. The highest BCUT2D eigenvalue weighted by atomic mass is 32.1. The SMILES string of the molecule is O=C([C@@H]1CCCO1)N1CCN(c2ccc(-c3cc4nccnc4c(NC[C@@H]4CNCCO4)n3)cc2)CC1.S.S. The van der Waals surface area contributed by atoms with E-state index in [9.17, 15) is 4.79 Å². The molecule has 6 rings (SSSR count). The van der Waals surface area contributed by atoms with Crippen molar-refractivity contribution in [1.82, 2.24) is 25.2 Å². The van der Waals surface area contributed by atoms with Crippen molar-refractivity contribution in [2.45, 2.75) is 25.0 Å². The lowest BCUT2D eigenvalue weighted by Gasteiger charge is -2.37. The van der Waals surface area contributed by atoms with Gasteiger partial charge in [0.05, 0.1) is 23.9 Å². The summed E-state index contributed by atoms with van der Waals surface area (Å²) in [7, 11) is 0. The van der Waals surface area contributed by atoms with Gasteiger partial charge in [-0.3, -0.25) is 9.78 Å². The first kappa shape index (κ1) is 29.3. The van der Waals surface area contributed by atoms with Crippen LogP contribution in [0.15, 0.2) is 42.7 Å². The van der Waals surface area contributed by atoms with Gasteiger partial charge in [-0.25, -0.2) is 9.97 Å². The number of morpholine rings is 1. The molecule has 0 spiro atoms. The van der Waals surface area contributed by atoms with E-state index in [1.807, 2.05) is 11.0 Å². The normalized spacial score (nSPS) is 21.2. The lowest BCUT2D eigenvalue weighted by molar-refractivity contribution is -0.141. The number of piperazine rings is 1. The van der Waals surface area contributed by atoms with Gasteiger partial charge in [0, 0.05) is 76.1 Å². The maximum absolute atomic E-state index is 12.7. The molecule has 39 heavy (non-hydrogen) atoms. The van der Waals surface area contributed by atoms with Gasteiger partial charge in [0.15, 0.2) is 5.82 Å². The fourth-order valence-electron chi connectivity index (χ4n) is 5.21. The molecule has 2 aromatic heterocycles. The van der Waals surface area contributed by atoms with Crippen LogP contribution in [-0.2, 0) is 14.3 Å². The second kappa shape index (κ2) is 13.6. The Kier molecular flexibility index (Phi) is 10.2. The van der Waals surface area contributed by atoms with Gasteiger partial charge in [0.25, 0.3) is 5.91 Å². The van der Waals surface area contributed by atoms with E-state index >= 15 is 0 Å². The molecule has 0 aliphatic carbocycles. The smallest absolute Gasteiger partial charge is 0.251 e. The molecule has 10 nitrogen and oxygen atoms in total. The van der Waals surface area contributed by atoms with Gasteiger partial charge in [-0.05, 0) is 31.0 Å². The fraction of sp³-hybridized carbons (Fsp3) is 0.481. The Morgan fingerprint density at radius 2 is 1.82 bits per heavy atom. The van der Waals surface area contributed by atoms with Crippen LogP contribution >= 0.6 is 27.0 Å². The number of amides is 1. The van der Waals surface area contributed by atoms with Crippen LogP contribution in [-0.4, -0.2) is 97.0 Å². The number of hydrogen-bond donors (Lipinski definition) is 2. The molecule has 3 aromatic rings. The zero-order valence-electron chi connectivity index (χ0n) is 21.9. The topological polar surface area (TPSA) is 105 Å². The monoisotopic (exact) mass is 571 g/mol. The van der Waals surface area contributed by atoms with Crippen molar-refractivity contribution in [2.24, 2.45) is 0 Å². The van der Waals surface area contributed by atoms with Crippen LogP contribution in [0.25, 0.3) is 22.3 Å². The standard InChI is InChI=1S/C27H33N7O3.2H2S/c35-27(24-2-1-14-37-24)34-12-10-33(11-13-34)20-5-3-19(4-6-20)22-16-23-25(30-8-7-29-23)26(32-22)31-18-21-17-28-9-15-36-21;;/h3-8,16,21,24,28H,1-2,9-15,17-18H2,(H,31,32);2*1H2/t21-,24-;;/m0../s1. The third-order valence-electron chi connectivity index (χ3n) is 7.28. The van der Waals surface area contributed by atoms with E-state index in [1.165, 1.54) is 0 Å². The number of hydrogen-bond acceptors (Lipinski definition) is 9. The highest BCUT2D eigenvalue weighted by molar-refractivity contribution is 7.59. The van der Waals surface area contributed by atoms with Gasteiger partial charge < -0.3 is 29.9 Å². The van der Waals surface area contributed by atoms with Crippen molar-refractivity contribution in [3.05, 3.63) is 42.7 Å². The minimum atomic E-state index is -0.240. The van der Waals surface area contributed by atoms with Gasteiger partial charge in [0.2, 0.25) is 0 Å². The van der Waals surface area contributed by atoms with Gasteiger partial charge >= 0.3 is 0 Å². The lowest BCUT2D eigenvalue weighted by atomic mass is 10.1. The highest BCUT2D eigenvalue weighted by Crippen LogP contribution is 2.28. The molecule has 12 heteroatoms. The van der Waals surface area contributed by atoms with Crippen molar-refractivity contribution in [1.29, 1.82) is 0 Å². The maximum Gasteiger partial charge on any atom is 0.251 e. The highest BCUT2D eigenvalue weighted by Gasteiger charge is 2.30. The van der Waals surface area contributed by atoms with Crippen LogP contribution < -0.4 is 15.5 Å². The Bertz CT molecular complexity index is 1230. The number of aromatic nitrogens is 3. The van der Waals surface area contributed by atoms with E-state index in [4.69, 9.17) is 14.5 Å². The molecule has 3 aliphatic heterocycles. The number of ether oxygens (including phenoxy) is 2. The van der Waals surface area contributed by atoms with E-state index < -0.39 is 0 Å². The van der Waals surface area contributed by atoms with Crippen LogP contribution in [0.5, 0.6) is 0 Å². The Hall–Kier alpha value is -2.64. The van der Waals surface area contributed by atoms with E-state index in [2.05, 4.69) is 49.8 Å². The quantitative estimate of drug-likeness (QED) is 0.461. The summed E-state index contributed by atoms with van der Waals surface area (Å²) < 4.78 is 11.4. The van der Waals surface area contributed by atoms with Crippen molar-refractivity contribution >= 4 is 55.4 Å². The molecule has 0 bridgehead atoms. The first-order valence-electron chi connectivity index (χ1n) is 13.2. The van der Waals surface area contributed by atoms with E-state index in [1.54, 1.807) is 12.4 Å². The first-order valence-corrected chi connectivity index (χ1v) is 13.2. The van der Waals surface area contributed by atoms with Crippen LogP contribution in [0.3, 0.4) is 0 Å². The molecule has 3 fully saturated rings. The molecule has 0 saturated carbocycles. The number of rotatable bonds is 6. The van der Waals surface area contributed by atoms with Crippen LogP contribution in [0.1, 0.15) is 12.8 Å². The van der Waals surface area contributed by atoms with Crippen LogP contribution in [0.4, 0.5) is 11.5 Å². The number of fused-ring (bicyclic) bond motifs is 1. The predicted molar refractivity (Wildman–Crippen MR) is 162 cm³/mol. The summed E-state index contributed by atoms with van der Waals surface area (Å²) in [5, 5.41) is 6.79. The Labute approximate surface area is 242 Å². The average Bonchev–Trinajstić information content (AvgIpc) is 3.51. The van der Waals surface area contributed by atoms with E-state index in [-0.39, 0.29) is 45.1 Å². The maximum atomic E-state index is 12.7. The molecule has 3 aliphatic rings. The Morgan fingerprint density at radius 3 is 2.54 bits per heavy atom. The van der Waals surface area contributed by atoms with E-state index in [0.29, 0.717) is 25.6 Å². The van der Waals surface area contributed by atoms with Crippen molar-refractivity contribution in [2.75, 3.05) is 69.2 Å². The van der Waals surface area contributed by atoms with Crippen LogP contribution in [0, 0.1) is 0 Å². The second-order valence-electron chi connectivity index (χ2n) is 9.72. The number of pyridine rings is 1. The molecule has 210 valence electrons. The molecule has 3 saturated heterocycles. The third kappa shape index (κ3) is 6.75. The molecule has 1 aromatic carbocycles. The number of carbonyl (C=O) groups excluding carboxylic acids is 1. The Morgan fingerprint density at radius 1 is 1.03 bits per heavy atom. The molecule has 5 heterocycles. The average molecular weight is 572 g/mol. The fourth-order valence-corrected chi connectivity index (χ4v) is 5.21. The number of benzene rings is 1.